The first-order valence-corrected chi connectivity index (χ1v) is 4.61. The van der Waals surface area contributed by atoms with E-state index in [1.54, 1.807) is 0 Å². The number of aromatic amines is 1. The van der Waals surface area contributed by atoms with Crippen LogP contribution in [0.3, 0.4) is 0 Å². The molecule has 3 nitrogen and oxygen atoms in total. The lowest BCUT2D eigenvalue weighted by Gasteiger charge is -2.18. The summed E-state index contributed by atoms with van der Waals surface area (Å²) in [5, 5.41) is 0. The maximum Gasteiger partial charge on any atom is 0.417 e. The summed E-state index contributed by atoms with van der Waals surface area (Å²) in [6.07, 6.45) is 0. The predicted molar refractivity (Wildman–Crippen MR) is 55.5 cm³/mol. The Kier molecular flexibility index (Phi) is 1.77. The number of hydrogen-bond donors (Lipinski definition) is 1. The summed E-state index contributed by atoms with van der Waals surface area (Å²) in [5.41, 5.74) is 2.47. The maximum absolute atomic E-state index is 11.0. The van der Waals surface area contributed by atoms with Gasteiger partial charge >= 0.3 is 5.76 Å². The second-order valence-corrected chi connectivity index (χ2v) is 4.45. The first-order valence-electron chi connectivity index (χ1n) is 4.61. The second-order valence-electron chi connectivity index (χ2n) is 4.45. The van der Waals surface area contributed by atoms with Gasteiger partial charge in [-0.1, -0.05) is 32.9 Å². The molecule has 0 saturated carbocycles. The van der Waals surface area contributed by atoms with Gasteiger partial charge in [0.25, 0.3) is 0 Å². The minimum Gasteiger partial charge on any atom is -0.408 e. The van der Waals surface area contributed by atoms with E-state index in [1.807, 2.05) is 18.2 Å². The molecule has 2 aromatic rings. The Morgan fingerprint density at radius 1 is 1.29 bits per heavy atom. The van der Waals surface area contributed by atoms with Crippen LogP contribution in [-0.2, 0) is 5.41 Å². The van der Waals surface area contributed by atoms with Crippen LogP contribution in [-0.4, -0.2) is 4.98 Å². The summed E-state index contributed by atoms with van der Waals surface area (Å²) in [6, 6.07) is 5.75. The number of nitrogens with one attached hydrogen (secondary N) is 1. The zero-order valence-corrected chi connectivity index (χ0v) is 8.55. The van der Waals surface area contributed by atoms with E-state index in [2.05, 4.69) is 25.8 Å². The van der Waals surface area contributed by atoms with Gasteiger partial charge in [-0.25, -0.2) is 4.79 Å². The van der Waals surface area contributed by atoms with Crippen molar-refractivity contribution < 1.29 is 4.42 Å². The lowest BCUT2D eigenvalue weighted by atomic mass is 9.86. The van der Waals surface area contributed by atoms with Gasteiger partial charge in [0.1, 0.15) is 0 Å². The highest BCUT2D eigenvalue weighted by molar-refractivity contribution is 5.76. The van der Waals surface area contributed by atoms with Crippen molar-refractivity contribution in [1.82, 2.24) is 4.98 Å². The van der Waals surface area contributed by atoms with E-state index < -0.39 is 5.76 Å². The smallest absolute Gasteiger partial charge is 0.408 e. The van der Waals surface area contributed by atoms with Crippen molar-refractivity contribution in [2.75, 3.05) is 0 Å². The summed E-state index contributed by atoms with van der Waals surface area (Å²) in [6.45, 7) is 6.28. The summed E-state index contributed by atoms with van der Waals surface area (Å²) in [7, 11) is 0. The molecule has 1 heterocycles. The molecule has 14 heavy (non-hydrogen) atoms. The zero-order chi connectivity index (χ0) is 10.3. The maximum atomic E-state index is 11.0. The first kappa shape index (κ1) is 9.06. The molecule has 1 N–H and O–H groups in total. The summed E-state index contributed by atoms with van der Waals surface area (Å²) in [5.74, 6) is -0.392. The number of rotatable bonds is 0. The summed E-state index contributed by atoms with van der Waals surface area (Å²) >= 11 is 0. The Bertz CT molecular complexity index is 514. The number of H-pyrrole nitrogens is 1. The number of benzene rings is 1. The third kappa shape index (κ3) is 1.35. The topological polar surface area (TPSA) is 46.0 Å². The van der Waals surface area contributed by atoms with Gasteiger partial charge in [0.05, 0.1) is 5.52 Å². The quantitative estimate of drug-likeness (QED) is 0.695. The van der Waals surface area contributed by atoms with Crippen LogP contribution in [0, 0.1) is 0 Å². The Morgan fingerprint density at radius 2 is 2.00 bits per heavy atom. The van der Waals surface area contributed by atoms with Gasteiger partial charge in [-0.15, -0.1) is 0 Å². The van der Waals surface area contributed by atoms with Crippen LogP contribution in [0.4, 0.5) is 0 Å². The predicted octanol–water partition coefficient (Wildman–Crippen LogP) is 2.42. The number of fused-ring (bicyclic) bond motifs is 1. The van der Waals surface area contributed by atoms with Crippen LogP contribution in [0.5, 0.6) is 0 Å². The molecule has 1 aromatic carbocycles. The molecule has 0 bridgehead atoms. The Balaban J connectivity index is 2.83. The largest absolute Gasteiger partial charge is 0.417 e. The molecule has 0 aliphatic rings. The van der Waals surface area contributed by atoms with Crippen molar-refractivity contribution in [3.8, 4) is 0 Å². The van der Waals surface area contributed by atoms with Crippen molar-refractivity contribution >= 4 is 11.1 Å². The van der Waals surface area contributed by atoms with E-state index in [4.69, 9.17) is 4.42 Å². The monoisotopic (exact) mass is 191 g/mol. The highest BCUT2D eigenvalue weighted by Gasteiger charge is 2.19. The fourth-order valence-electron chi connectivity index (χ4n) is 1.56. The molecule has 2 rings (SSSR count). The fraction of sp³-hybridized carbons (Fsp3) is 0.364. The Labute approximate surface area is 81.7 Å². The molecule has 0 saturated heterocycles. The molecule has 0 atom stereocenters. The first-order chi connectivity index (χ1) is 6.48. The molecular weight excluding hydrogens is 178 g/mol. The minimum atomic E-state index is -0.392. The third-order valence-corrected chi connectivity index (χ3v) is 2.25. The average molecular weight is 191 g/mol. The van der Waals surface area contributed by atoms with Crippen molar-refractivity contribution in [2.24, 2.45) is 0 Å². The van der Waals surface area contributed by atoms with Gasteiger partial charge in [0.2, 0.25) is 0 Å². The lowest BCUT2D eigenvalue weighted by molar-refractivity contribution is 0.529. The molecule has 74 valence electrons. The molecule has 0 aliphatic carbocycles. The molecule has 0 fully saturated rings. The van der Waals surface area contributed by atoms with E-state index in [0.717, 1.165) is 11.1 Å². The van der Waals surface area contributed by atoms with Gasteiger partial charge in [-0.3, -0.25) is 4.98 Å². The zero-order valence-electron chi connectivity index (χ0n) is 8.55. The molecular formula is C11H13NO2. The van der Waals surface area contributed by atoms with Gasteiger partial charge in [-0.05, 0) is 11.5 Å². The number of hydrogen-bond acceptors (Lipinski definition) is 2. The molecule has 0 spiro atoms. The molecule has 0 unspecified atom stereocenters. The number of para-hydroxylation sites is 1. The summed E-state index contributed by atoms with van der Waals surface area (Å²) in [4.78, 5) is 13.7. The van der Waals surface area contributed by atoms with Gasteiger partial charge in [0, 0.05) is 5.56 Å². The van der Waals surface area contributed by atoms with E-state index >= 15 is 0 Å². The molecule has 1 aromatic heterocycles. The van der Waals surface area contributed by atoms with Crippen LogP contribution in [0.15, 0.2) is 27.4 Å². The third-order valence-electron chi connectivity index (χ3n) is 2.25. The van der Waals surface area contributed by atoms with E-state index in [0.29, 0.717) is 5.58 Å². The fourth-order valence-corrected chi connectivity index (χ4v) is 1.56. The highest BCUT2D eigenvalue weighted by Crippen LogP contribution is 2.28. The summed E-state index contributed by atoms with van der Waals surface area (Å²) < 4.78 is 5.11. The van der Waals surface area contributed by atoms with E-state index in [9.17, 15) is 4.79 Å². The van der Waals surface area contributed by atoms with Crippen molar-refractivity contribution in [1.29, 1.82) is 0 Å². The SMILES string of the molecule is CC(C)(C)c1cccc2[nH]c(=O)oc12. The van der Waals surface area contributed by atoms with Gasteiger partial charge < -0.3 is 4.42 Å². The Hall–Kier alpha value is -1.51. The van der Waals surface area contributed by atoms with Crippen LogP contribution >= 0.6 is 0 Å². The Morgan fingerprint density at radius 3 is 2.64 bits per heavy atom. The van der Waals surface area contributed by atoms with Crippen molar-refractivity contribution in [3.05, 3.63) is 34.3 Å². The van der Waals surface area contributed by atoms with Gasteiger partial charge in [-0.2, -0.15) is 0 Å². The molecule has 0 aliphatic heterocycles. The second kappa shape index (κ2) is 2.74. The van der Waals surface area contributed by atoms with Crippen molar-refractivity contribution in [2.45, 2.75) is 26.2 Å². The van der Waals surface area contributed by atoms with Gasteiger partial charge in [0.15, 0.2) is 5.58 Å². The standard InChI is InChI=1S/C11H13NO2/c1-11(2,3)7-5-4-6-8-9(7)14-10(13)12-8/h4-6H,1-3H3,(H,12,13). The number of aromatic nitrogens is 1. The normalized spacial score (nSPS) is 12.2. The highest BCUT2D eigenvalue weighted by atomic mass is 16.4. The van der Waals surface area contributed by atoms with Crippen LogP contribution in [0.25, 0.3) is 11.1 Å². The lowest BCUT2D eigenvalue weighted by Crippen LogP contribution is -2.11. The molecule has 0 amide bonds. The van der Waals surface area contributed by atoms with Crippen molar-refractivity contribution in [3.63, 3.8) is 0 Å². The van der Waals surface area contributed by atoms with E-state index in [1.165, 1.54) is 0 Å². The molecule has 0 radical (unpaired) electrons. The minimum absolute atomic E-state index is 0.0162. The van der Waals surface area contributed by atoms with Crippen LogP contribution in [0.2, 0.25) is 0 Å². The van der Waals surface area contributed by atoms with Crippen LogP contribution < -0.4 is 5.76 Å². The van der Waals surface area contributed by atoms with Crippen LogP contribution in [0.1, 0.15) is 26.3 Å². The number of oxazole rings is 1. The molecule has 3 heteroatoms. The average Bonchev–Trinajstić information content (AvgIpc) is 2.41. The van der Waals surface area contributed by atoms with E-state index in [-0.39, 0.29) is 5.41 Å².